The average molecular weight is 196 g/mol. The molecular formula is C10H10ClNO. The Hall–Kier alpha value is -1.02. The molecule has 1 heterocycles. The summed E-state index contributed by atoms with van der Waals surface area (Å²) in [7, 11) is 0. The van der Waals surface area contributed by atoms with Crippen molar-refractivity contribution in [2.75, 3.05) is 0 Å². The van der Waals surface area contributed by atoms with E-state index in [-0.39, 0.29) is 6.10 Å². The zero-order chi connectivity index (χ0) is 9.10. The van der Waals surface area contributed by atoms with Crippen molar-refractivity contribution < 1.29 is 4.74 Å². The van der Waals surface area contributed by atoms with Crippen molar-refractivity contribution in [1.29, 1.82) is 0 Å². The molecule has 1 aliphatic rings. The summed E-state index contributed by atoms with van der Waals surface area (Å²) in [4.78, 5) is 3.94. The van der Waals surface area contributed by atoms with Gasteiger partial charge in [-0.2, -0.15) is 0 Å². The third kappa shape index (κ3) is 2.01. The van der Waals surface area contributed by atoms with Crippen molar-refractivity contribution in [2.45, 2.75) is 18.9 Å². The van der Waals surface area contributed by atoms with Crippen LogP contribution >= 0.6 is 11.6 Å². The van der Waals surface area contributed by atoms with Gasteiger partial charge in [0.25, 0.3) is 0 Å². The van der Waals surface area contributed by atoms with E-state index >= 15 is 0 Å². The number of hydrogen-bond donors (Lipinski definition) is 0. The Morgan fingerprint density at radius 1 is 1.38 bits per heavy atom. The maximum absolute atomic E-state index is 5.85. The Bertz CT molecular complexity index is 316. The second kappa shape index (κ2) is 3.79. The lowest BCUT2D eigenvalue weighted by atomic mass is 10.3. The number of nitrogens with zero attached hydrogens (tertiary/aromatic N) is 1. The van der Waals surface area contributed by atoms with Crippen LogP contribution in [0.5, 0.6) is 5.75 Å². The van der Waals surface area contributed by atoms with E-state index in [1.807, 2.05) is 12.1 Å². The van der Waals surface area contributed by atoms with Crippen LogP contribution in [0.1, 0.15) is 12.8 Å². The van der Waals surface area contributed by atoms with Crippen LogP contribution < -0.4 is 4.74 Å². The van der Waals surface area contributed by atoms with E-state index in [2.05, 4.69) is 17.1 Å². The van der Waals surface area contributed by atoms with E-state index in [9.17, 15) is 0 Å². The Morgan fingerprint density at radius 3 is 2.85 bits per heavy atom. The zero-order valence-corrected chi connectivity index (χ0v) is 7.87. The van der Waals surface area contributed by atoms with E-state index in [1.165, 1.54) is 0 Å². The van der Waals surface area contributed by atoms with Gasteiger partial charge in [-0.25, -0.2) is 4.98 Å². The first kappa shape index (κ1) is 8.57. The predicted molar refractivity (Wildman–Crippen MR) is 52.0 cm³/mol. The van der Waals surface area contributed by atoms with Crippen molar-refractivity contribution in [3.63, 3.8) is 0 Å². The van der Waals surface area contributed by atoms with E-state index < -0.39 is 0 Å². The number of ether oxygens (including phenoxy) is 1. The maximum atomic E-state index is 5.85. The fourth-order valence-corrected chi connectivity index (χ4v) is 1.49. The molecule has 68 valence electrons. The summed E-state index contributed by atoms with van der Waals surface area (Å²) in [5.41, 5.74) is 0. The minimum atomic E-state index is 0.238. The molecule has 1 aliphatic carbocycles. The number of hydrogen-bond acceptors (Lipinski definition) is 2. The van der Waals surface area contributed by atoms with Crippen LogP contribution in [0.4, 0.5) is 0 Å². The van der Waals surface area contributed by atoms with Crippen molar-refractivity contribution in [3.8, 4) is 5.75 Å². The van der Waals surface area contributed by atoms with Crippen molar-refractivity contribution in [2.24, 2.45) is 0 Å². The van der Waals surface area contributed by atoms with E-state index in [4.69, 9.17) is 16.3 Å². The van der Waals surface area contributed by atoms with Crippen LogP contribution in [0.2, 0.25) is 5.15 Å². The molecule has 0 unspecified atom stereocenters. The first-order chi connectivity index (χ1) is 6.36. The Morgan fingerprint density at radius 2 is 2.15 bits per heavy atom. The molecule has 0 saturated heterocycles. The SMILES string of the molecule is Clc1ncccc1OC1CC=CC1. The van der Waals surface area contributed by atoms with Gasteiger partial charge in [0.2, 0.25) is 0 Å². The summed E-state index contributed by atoms with van der Waals surface area (Å²) in [5, 5.41) is 0.439. The summed E-state index contributed by atoms with van der Waals surface area (Å²) >= 11 is 5.85. The normalized spacial score (nSPS) is 16.4. The van der Waals surface area contributed by atoms with Gasteiger partial charge in [0.05, 0.1) is 0 Å². The van der Waals surface area contributed by atoms with Gasteiger partial charge in [0.15, 0.2) is 10.9 Å². The number of aromatic nitrogens is 1. The third-order valence-electron chi connectivity index (χ3n) is 1.98. The number of pyridine rings is 1. The fourth-order valence-electron chi connectivity index (χ4n) is 1.33. The van der Waals surface area contributed by atoms with Crippen LogP contribution in [0, 0.1) is 0 Å². The summed E-state index contributed by atoms with van der Waals surface area (Å²) in [6.45, 7) is 0. The Kier molecular flexibility index (Phi) is 2.50. The van der Waals surface area contributed by atoms with Crippen LogP contribution in [0.3, 0.4) is 0 Å². The molecule has 1 aromatic rings. The van der Waals surface area contributed by atoms with Gasteiger partial charge in [-0.3, -0.25) is 0 Å². The van der Waals surface area contributed by atoms with E-state index in [0.29, 0.717) is 10.9 Å². The molecule has 0 spiro atoms. The molecule has 1 aromatic heterocycles. The highest BCUT2D eigenvalue weighted by molar-refractivity contribution is 6.30. The zero-order valence-electron chi connectivity index (χ0n) is 7.11. The smallest absolute Gasteiger partial charge is 0.171 e. The topological polar surface area (TPSA) is 22.1 Å². The van der Waals surface area contributed by atoms with Gasteiger partial charge in [-0.05, 0) is 12.1 Å². The van der Waals surface area contributed by atoms with Gasteiger partial charge in [0, 0.05) is 19.0 Å². The highest BCUT2D eigenvalue weighted by Crippen LogP contribution is 2.24. The molecule has 3 heteroatoms. The second-order valence-corrected chi connectivity index (χ2v) is 3.33. The van der Waals surface area contributed by atoms with Gasteiger partial charge < -0.3 is 4.74 Å². The van der Waals surface area contributed by atoms with Crippen molar-refractivity contribution in [1.82, 2.24) is 4.98 Å². The predicted octanol–water partition coefficient (Wildman–Crippen LogP) is 2.83. The van der Waals surface area contributed by atoms with E-state index in [0.717, 1.165) is 12.8 Å². The molecule has 0 N–H and O–H groups in total. The van der Waals surface area contributed by atoms with Crippen molar-refractivity contribution in [3.05, 3.63) is 35.6 Å². The molecule has 2 rings (SSSR count). The lowest BCUT2D eigenvalue weighted by molar-refractivity contribution is 0.216. The highest BCUT2D eigenvalue weighted by Gasteiger charge is 2.13. The summed E-state index contributed by atoms with van der Waals surface area (Å²) < 4.78 is 5.65. The van der Waals surface area contributed by atoms with Crippen LogP contribution in [0.15, 0.2) is 30.5 Å². The Labute approximate surface area is 82.2 Å². The van der Waals surface area contributed by atoms with Gasteiger partial charge in [-0.15, -0.1) is 0 Å². The van der Waals surface area contributed by atoms with Crippen LogP contribution in [-0.2, 0) is 0 Å². The van der Waals surface area contributed by atoms with E-state index in [1.54, 1.807) is 6.20 Å². The number of rotatable bonds is 2. The summed E-state index contributed by atoms with van der Waals surface area (Å²) in [6, 6.07) is 3.66. The molecule has 13 heavy (non-hydrogen) atoms. The van der Waals surface area contributed by atoms with Crippen LogP contribution in [0.25, 0.3) is 0 Å². The molecule has 0 atom stereocenters. The quantitative estimate of drug-likeness (QED) is 0.535. The summed E-state index contributed by atoms with van der Waals surface area (Å²) in [6.07, 6.45) is 8.06. The fraction of sp³-hybridized carbons (Fsp3) is 0.300. The minimum Gasteiger partial charge on any atom is -0.487 e. The maximum Gasteiger partial charge on any atom is 0.171 e. The average Bonchev–Trinajstić information content (AvgIpc) is 2.61. The lowest BCUT2D eigenvalue weighted by Gasteiger charge is -2.13. The molecular weight excluding hydrogens is 186 g/mol. The molecule has 0 aliphatic heterocycles. The summed E-state index contributed by atoms with van der Waals surface area (Å²) in [5.74, 6) is 0.679. The largest absolute Gasteiger partial charge is 0.487 e. The molecule has 0 bridgehead atoms. The molecule has 0 amide bonds. The second-order valence-electron chi connectivity index (χ2n) is 2.98. The monoisotopic (exact) mass is 195 g/mol. The Balaban J connectivity index is 2.05. The molecule has 2 nitrogen and oxygen atoms in total. The first-order valence-electron chi connectivity index (χ1n) is 4.28. The van der Waals surface area contributed by atoms with Gasteiger partial charge in [0.1, 0.15) is 6.10 Å². The van der Waals surface area contributed by atoms with Crippen LogP contribution in [-0.4, -0.2) is 11.1 Å². The first-order valence-corrected chi connectivity index (χ1v) is 4.66. The standard InChI is InChI=1S/C10H10ClNO/c11-10-9(6-3-7-12-10)13-8-4-1-2-5-8/h1-3,6-8H,4-5H2. The number of halogens is 1. The molecule has 0 radical (unpaired) electrons. The van der Waals surface area contributed by atoms with Gasteiger partial charge >= 0.3 is 0 Å². The molecule has 0 aromatic carbocycles. The molecule has 0 saturated carbocycles. The highest BCUT2D eigenvalue weighted by atomic mass is 35.5. The minimum absolute atomic E-state index is 0.238. The lowest BCUT2D eigenvalue weighted by Crippen LogP contribution is -2.11. The third-order valence-corrected chi connectivity index (χ3v) is 2.27. The molecule has 0 fully saturated rings. The van der Waals surface area contributed by atoms with Gasteiger partial charge in [-0.1, -0.05) is 23.8 Å². The van der Waals surface area contributed by atoms with Crippen molar-refractivity contribution >= 4 is 11.6 Å².